The van der Waals surface area contributed by atoms with Gasteiger partial charge in [-0.1, -0.05) is 30.3 Å². The van der Waals surface area contributed by atoms with Crippen LogP contribution in [0.2, 0.25) is 0 Å². The topological polar surface area (TPSA) is 79.5 Å². The molecule has 0 fully saturated rings. The highest BCUT2D eigenvalue weighted by molar-refractivity contribution is 5.94. The molecular weight excluding hydrogens is 306 g/mol. The number of amides is 3. The minimum Gasteiger partial charge on any atom is -0.375 e. The fourth-order valence-corrected chi connectivity index (χ4v) is 2.16. The second kappa shape index (κ2) is 8.69. The maximum atomic E-state index is 12.0. The lowest BCUT2D eigenvalue weighted by Crippen LogP contribution is -2.28. The van der Waals surface area contributed by atoms with Crippen molar-refractivity contribution < 1.29 is 14.3 Å². The summed E-state index contributed by atoms with van der Waals surface area (Å²) in [6.45, 7) is 2.43. The lowest BCUT2D eigenvalue weighted by atomic mass is 10.1. The molecule has 24 heavy (non-hydrogen) atoms. The summed E-state index contributed by atoms with van der Waals surface area (Å²) in [6, 6.07) is 14.5. The third-order valence-corrected chi connectivity index (χ3v) is 3.38. The van der Waals surface area contributed by atoms with E-state index in [1.807, 2.05) is 31.2 Å². The lowest BCUT2D eigenvalue weighted by molar-refractivity contribution is -0.119. The van der Waals surface area contributed by atoms with Crippen molar-refractivity contribution in [1.82, 2.24) is 5.32 Å². The third-order valence-electron chi connectivity index (χ3n) is 3.38. The number of methoxy groups -OCH3 is 1. The summed E-state index contributed by atoms with van der Waals surface area (Å²) >= 11 is 0. The molecule has 0 bridgehead atoms. The Kier molecular flexibility index (Phi) is 6.33. The zero-order valence-corrected chi connectivity index (χ0v) is 13.8. The smallest absolute Gasteiger partial charge is 0.319 e. The van der Waals surface area contributed by atoms with Crippen LogP contribution >= 0.6 is 0 Å². The Labute approximate surface area is 141 Å². The molecule has 3 N–H and O–H groups in total. The number of anilines is 2. The number of rotatable bonds is 6. The zero-order chi connectivity index (χ0) is 17.4. The average Bonchev–Trinajstić information content (AvgIpc) is 2.54. The molecule has 6 nitrogen and oxygen atoms in total. The molecule has 0 unspecified atom stereocenters. The van der Waals surface area contributed by atoms with Crippen molar-refractivity contribution in [2.24, 2.45) is 0 Å². The van der Waals surface area contributed by atoms with E-state index in [0.717, 1.165) is 11.1 Å². The Morgan fingerprint density at radius 2 is 1.71 bits per heavy atom. The summed E-state index contributed by atoms with van der Waals surface area (Å²) in [5, 5.41) is 8.24. The van der Waals surface area contributed by atoms with Gasteiger partial charge in [0, 0.05) is 25.0 Å². The second-order valence-electron chi connectivity index (χ2n) is 5.30. The predicted octanol–water partition coefficient (Wildman–Crippen LogP) is 2.90. The van der Waals surface area contributed by atoms with Gasteiger partial charge in [0.2, 0.25) is 5.91 Å². The molecule has 6 heteroatoms. The quantitative estimate of drug-likeness (QED) is 0.763. The van der Waals surface area contributed by atoms with Crippen molar-refractivity contribution in [3.8, 4) is 0 Å². The summed E-state index contributed by atoms with van der Waals surface area (Å²) in [5.74, 6) is -0.251. The van der Waals surface area contributed by atoms with Gasteiger partial charge in [-0.15, -0.1) is 0 Å². The van der Waals surface area contributed by atoms with Crippen molar-refractivity contribution in [1.29, 1.82) is 0 Å². The molecule has 0 saturated carbocycles. The van der Waals surface area contributed by atoms with Crippen LogP contribution in [0.4, 0.5) is 16.2 Å². The largest absolute Gasteiger partial charge is 0.375 e. The minimum absolute atomic E-state index is 0.0193. The molecule has 0 heterocycles. The van der Waals surface area contributed by atoms with Crippen LogP contribution in [-0.2, 0) is 16.1 Å². The summed E-state index contributed by atoms with van der Waals surface area (Å²) in [4.78, 5) is 23.5. The van der Waals surface area contributed by atoms with E-state index in [0.29, 0.717) is 17.9 Å². The number of nitrogens with one attached hydrogen (secondary N) is 3. The molecule has 0 aromatic heterocycles. The summed E-state index contributed by atoms with van der Waals surface area (Å²) in [5.41, 5.74) is 3.37. The van der Waals surface area contributed by atoms with Crippen LogP contribution in [0, 0.1) is 6.92 Å². The third kappa shape index (κ3) is 5.40. The first kappa shape index (κ1) is 17.5. The van der Waals surface area contributed by atoms with Crippen molar-refractivity contribution >= 4 is 23.3 Å². The van der Waals surface area contributed by atoms with Gasteiger partial charge in [0.25, 0.3) is 0 Å². The zero-order valence-electron chi connectivity index (χ0n) is 13.8. The number of hydrogen-bond acceptors (Lipinski definition) is 3. The van der Waals surface area contributed by atoms with E-state index >= 15 is 0 Å². The van der Waals surface area contributed by atoms with Gasteiger partial charge in [-0.2, -0.15) is 0 Å². The molecule has 0 radical (unpaired) electrons. The Balaban J connectivity index is 1.89. The Hall–Kier alpha value is -2.86. The number of benzene rings is 2. The van der Waals surface area contributed by atoms with E-state index in [9.17, 15) is 9.59 Å². The van der Waals surface area contributed by atoms with Crippen LogP contribution in [-0.4, -0.2) is 25.7 Å². The summed E-state index contributed by atoms with van der Waals surface area (Å²) in [7, 11) is 1.45. The highest BCUT2D eigenvalue weighted by Gasteiger charge is 2.05. The molecule has 126 valence electrons. The van der Waals surface area contributed by atoms with E-state index in [-0.39, 0.29) is 18.5 Å². The van der Waals surface area contributed by atoms with Gasteiger partial charge in [0.15, 0.2) is 0 Å². The summed E-state index contributed by atoms with van der Waals surface area (Å²) < 4.78 is 4.76. The molecular formula is C18H21N3O3. The number of carbonyl (C=O) groups is 2. The van der Waals surface area contributed by atoms with Gasteiger partial charge >= 0.3 is 6.03 Å². The van der Waals surface area contributed by atoms with Gasteiger partial charge < -0.3 is 20.7 Å². The predicted molar refractivity (Wildman–Crippen MR) is 94.0 cm³/mol. The lowest BCUT2D eigenvalue weighted by Gasteiger charge is -2.11. The average molecular weight is 327 g/mol. The maximum absolute atomic E-state index is 12.0. The van der Waals surface area contributed by atoms with Crippen molar-refractivity contribution in [3.05, 3.63) is 59.7 Å². The number of ether oxygens (including phenoxy) is 1. The Bertz CT molecular complexity index is 716. The molecule has 3 amide bonds. The molecule has 0 saturated heterocycles. The fourth-order valence-electron chi connectivity index (χ4n) is 2.16. The number of carbonyl (C=O) groups excluding carboxylic acids is 2. The normalized spacial score (nSPS) is 10.1. The van der Waals surface area contributed by atoms with Crippen molar-refractivity contribution in [2.45, 2.75) is 13.5 Å². The van der Waals surface area contributed by atoms with Gasteiger partial charge in [0.1, 0.15) is 6.61 Å². The van der Waals surface area contributed by atoms with E-state index in [4.69, 9.17) is 4.74 Å². The van der Waals surface area contributed by atoms with Crippen molar-refractivity contribution in [3.63, 3.8) is 0 Å². The van der Waals surface area contributed by atoms with Crippen LogP contribution in [0.25, 0.3) is 0 Å². The van der Waals surface area contributed by atoms with Crippen LogP contribution < -0.4 is 16.0 Å². The van der Waals surface area contributed by atoms with Gasteiger partial charge in [-0.25, -0.2) is 4.79 Å². The molecule has 0 aliphatic rings. The molecule has 0 aliphatic heterocycles. The Morgan fingerprint density at radius 3 is 2.42 bits per heavy atom. The number of urea groups is 1. The molecule has 0 spiro atoms. The van der Waals surface area contributed by atoms with Crippen molar-refractivity contribution in [2.75, 3.05) is 24.4 Å². The standard InChI is InChI=1S/C18H21N3O3/c1-13-6-3-4-7-14(13)11-19-18(23)21-16-9-5-8-15(10-16)20-17(22)12-24-2/h3-10H,11-12H2,1-2H3,(H,20,22)(H2,19,21,23). The fraction of sp³-hybridized carbons (Fsp3) is 0.222. The van der Waals surface area contributed by atoms with Crippen LogP contribution in [0.5, 0.6) is 0 Å². The van der Waals surface area contributed by atoms with Crippen LogP contribution in [0.15, 0.2) is 48.5 Å². The van der Waals surface area contributed by atoms with E-state index in [2.05, 4.69) is 16.0 Å². The van der Waals surface area contributed by atoms with Gasteiger partial charge in [0.05, 0.1) is 0 Å². The van der Waals surface area contributed by atoms with Gasteiger partial charge in [-0.3, -0.25) is 4.79 Å². The first-order chi connectivity index (χ1) is 11.6. The molecule has 2 rings (SSSR count). The second-order valence-corrected chi connectivity index (χ2v) is 5.30. The first-order valence-corrected chi connectivity index (χ1v) is 7.56. The van der Waals surface area contributed by atoms with Gasteiger partial charge in [-0.05, 0) is 36.2 Å². The molecule has 0 atom stereocenters. The molecule has 0 aliphatic carbocycles. The highest BCUT2D eigenvalue weighted by Crippen LogP contribution is 2.15. The van der Waals surface area contributed by atoms with Crippen LogP contribution in [0.1, 0.15) is 11.1 Å². The molecule has 2 aromatic carbocycles. The van der Waals surface area contributed by atoms with E-state index in [1.54, 1.807) is 24.3 Å². The summed E-state index contributed by atoms with van der Waals surface area (Å²) in [6.07, 6.45) is 0. The number of aryl methyl sites for hydroxylation is 1. The maximum Gasteiger partial charge on any atom is 0.319 e. The minimum atomic E-state index is -0.307. The number of hydrogen-bond donors (Lipinski definition) is 3. The monoisotopic (exact) mass is 327 g/mol. The van der Waals surface area contributed by atoms with Crippen LogP contribution in [0.3, 0.4) is 0 Å². The molecule has 2 aromatic rings. The highest BCUT2D eigenvalue weighted by atomic mass is 16.5. The SMILES string of the molecule is COCC(=O)Nc1cccc(NC(=O)NCc2ccccc2C)c1. The van der Waals surface area contributed by atoms with E-state index in [1.165, 1.54) is 7.11 Å². The van der Waals surface area contributed by atoms with E-state index < -0.39 is 0 Å². The Morgan fingerprint density at radius 1 is 1.00 bits per heavy atom. The first-order valence-electron chi connectivity index (χ1n) is 7.56.